The van der Waals surface area contributed by atoms with Crippen LogP contribution in [0.15, 0.2) is 29.3 Å². The summed E-state index contributed by atoms with van der Waals surface area (Å²) < 4.78 is 16.4. The van der Waals surface area contributed by atoms with Gasteiger partial charge in [-0.05, 0) is 51.7 Å². The number of para-hydroxylation sites is 2. The highest BCUT2D eigenvalue weighted by atomic mass is 16.5. The summed E-state index contributed by atoms with van der Waals surface area (Å²) in [6, 6.07) is 7.91. The van der Waals surface area contributed by atoms with Crippen molar-refractivity contribution in [2.24, 2.45) is 10.9 Å². The highest BCUT2D eigenvalue weighted by molar-refractivity contribution is 5.80. The lowest BCUT2D eigenvalue weighted by Crippen LogP contribution is -2.47. The summed E-state index contributed by atoms with van der Waals surface area (Å²) >= 11 is 0. The first kappa shape index (κ1) is 21.9. The topological polar surface area (TPSA) is 81.2 Å². The Bertz CT molecular complexity index is 642. The predicted octanol–water partition coefficient (Wildman–Crippen LogP) is 2.75. The molecule has 0 aromatic heterocycles. The van der Waals surface area contributed by atoms with Crippen LogP contribution in [0.25, 0.3) is 0 Å². The van der Waals surface area contributed by atoms with Crippen molar-refractivity contribution in [2.75, 3.05) is 27.3 Å². The zero-order valence-electron chi connectivity index (χ0n) is 17.4. The Kier molecular flexibility index (Phi) is 8.91. The Balaban J connectivity index is 1.75. The normalized spacial score (nSPS) is 20.8. The van der Waals surface area contributed by atoms with E-state index < -0.39 is 0 Å². The minimum atomic E-state index is -0.0641. The molecule has 1 fully saturated rings. The molecule has 1 saturated carbocycles. The molecule has 1 aliphatic carbocycles. The monoisotopic (exact) mass is 391 g/mol. The van der Waals surface area contributed by atoms with E-state index in [-0.39, 0.29) is 18.0 Å². The van der Waals surface area contributed by atoms with Crippen LogP contribution in [0, 0.1) is 5.92 Å². The second-order valence-corrected chi connectivity index (χ2v) is 6.98. The molecule has 1 aromatic carbocycles. The largest absolute Gasteiger partial charge is 0.493 e. The van der Waals surface area contributed by atoms with Crippen molar-refractivity contribution >= 4 is 11.9 Å². The average Bonchev–Trinajstić information content (AvgIpc) is 2.72. The lowest BCUT2D eigenvalue weighted by atomic mass is 9.86. The second-order valence-electron chi connectivity index (χ2n) is 6.98. The van der Waals surface area contributed by atoms with Crippen LogP contribution < -0.4 is 20.1 Å². The Hall–Kier alpha value is -2.44. The van der Waals surface area contributed by atoms with E-state index in [2.05, 4.69) is 15.6 Å². The molecule has 0 aliphatic heterocycles. The van der Waals surface area contributed by atoms with E-state index in [1.165, 1.54) is 0 Å². The highest BCUT2D eigenvalue weighted by Gasteiger charge is 2.27. The van der Waals surface area contributed by atoms with Gasteiger partial charge in [0.25, 0.3) is 0 Å². The minimum absolute atomic E-state index is 0.0299. The van der Waals surface area contributed by atoms with Crippen molar-refractivity contribution in [1.29, 1.82) is 0 Å². The third kappa shape index (κ3) is 6.62. The molecule has 0 saturated heterocycles. The maximum absolute atomic E-state index is 11.9. The molecule has 1 aliphatic rings. The summed E-state index contributed by atoms with van der Waals surface area (Å²) in [5.74, 6) is 2.15. The number of hydrogen-bond donors (Lipinski definition) is 2. The van der Waals surface area contributed by atoms with Crippen LogP contribution in [-0.2, 0) is 9.53 Å². The fourth-order valence-electron chi connectivity index (χ4n) is 3.34. The maximum atomic E-state index is 11.9. The molecule has 2 rings (SSSR count). The fourth-order valence-corrected chi connectivity index (χ4v) is 3.34. The Labute approximate surface area is 167 Å². The first-order valence-electron chi connectivity index (χ1n) is 10.0. The standard InChI is InChI=1S/C21H33N3O4/c1-5-27-20(25)16-10-12-17(13-11-16)24-21(22-3)23-14-15(2)28-19-9-7-6-8-18(19)26-4/h6-9,15-17H,5,10-14H2,1-4H3,(H2,22,23,24). The molecule has 1 atom stereocenters. The van der Waals surface area contributed by atoms with E-state index in [1.54, 1.807) is 14.2 Å². The van der Waals surface area contributed by atoms with Crippen LogP contribution in [0.2, 0.25) is 0 Å². The number of nitrogens with zero attached hydrogens (tertiary/aromatic N) is 1. The van der Waals surface area contributed by atoms with E-state index in [0.29, 0.717) is 19.2 Å². The summed E-state index contributed by atoms with van der Waals surface area (Å²) in [6.07, 6.45) is 3.49. The number of aliphatic imine (C=N–C) groups is 1. The molecule has 0 amide bonds. The van der Waals surface area contributed by atoms with Gasteiger partial charge >= 0.3 is 5.97 Å². The second kappa shape index (κ2) is 11.4. The number of rotatable bonds is 8. The number of esters is 1. The van der Waals surface area contributed by atoms with Crippen molar-refractivity contribution in [2.45, 2.75) is 51.7 Å². The van der Waals surface area contributed by atoms with Crippen LogP contribution in [0.4, 0.5) is 0 Å². The molecule has 156 valence electrons. The molecular weight excluding hydrogens is 358 g/mol. The van der Waals surface area contributed by atoms with Gasteiger partial charge in [0.05, 0.1) is 26.2 Å². The van der Waals surface area contributed by atoms with Crippen LogP contribution in [0.1, 0.15) is 39.5 Å². The Morgan fingerprint density at radius 2 is 1.89 bits per heavy atom. The van der Waals surface area contributed by atoms with Gasteiger partial charge in [0.15, 0.2) is 17.5 Å². The number of carbonyl (C=O) groups excluding carboxylic acids is 1. The van der Waals surface area contributed by atoms with Crippen LogP contribution in [-0.4, -0.2) is 51.4 Å². The smallest absolute Gasteiger partial charge is 0.308 e. The number of hydrogen-bond acceptors (Lipinski definition) is 5. The molecule has 1 unspecified atom stereocenters. The van der Waals surface area contributed by atoms with Crippen LogP contribution >= 0.6 is 0 Å². The van der Waals surface area contributed by atoms with Gasteiger partial charge in [0.1, 0.15) is 6.10 Å². The van der Waals surface area contributed by atoms with Crippen LogP contribution in [0.3, 0.4) is 0 Å². The quantitative estimate of drug-likeness (QED) is 0.403. The number of benzene rings is 1. The van der Waals surface area contributed by atoms with Crippen molar-refractivity contribution < 1.29 is 19.0 Å². The van der Waals surface area contributed by atoms with E-state index in [4.69, 9.17) is 14.2 Å². The molecule has 2 N–H and O–H groups in total. The number of nitrogens with one attached hydrogen (secondary N) is 2. The van der Waals surface area contributed by atoms with Gasteiger partial charge in [-0.1, -0.05) is 12.1 Å². The lowest BCUT2D eigenvalue weighted by molar-refractivity contribution is -0.149. The predicted molar refractivity (Wildman–Crippen MR) is 110 cm³/mol. The van der Waals surface area contributed by atoms with E-state index >= 15 is 0 Å². The van der Waals surface area contributed by atoms with Crippen molar-refractivity contribution in [1.82, 2.24) is 10.6 Å². The molecular formula is C21H33N3O4. The van der Waals surface area contributed by atoms with Crippen molar-refractivity contribution in [3.05, 3.63) is 24.3 Å². The van der Waals surface area contributed by atoms with E-state index in [1.807, 2.05) is 38.1 Å². The lowest BCUT2D eigenvalue weighted by Gasteiger charge is -2.29. The SMILES string of the molecule is CCOC(=O)C1CCC(NC(=NC)NCC(C)Oc2ccccc2OC)CC1. The zero-order valence-corrected chi connectivity index (χ0v) is 17.4. The van der Waals surface area contributed by atoms with Crippen molar-refractivity contribution in [3.8, 4) is 11.5 Å². The third-order valence-corrected chi connectivity index (χ3v) is 4.87. The molecule has 1 aromatic rings. The van der Waals surface area contributed by atoms with Gasteiger partial charge in [-0.2, -0.15) is 0 Å². The molecule has 28 heavy (non-hydrogen) atoms. The summed E-state index contributed by atoms with van der Waals surface area (Å²) in [5, 5.41) is 6.76. The molecule has 0 spiro atoms. The van der Waals surface area contributed by atoms with Gasteiger partial charge in [-0.3, -0.25) is 9.79 Å². The van der Waals surface area contributed by atoms with Gasteiger partial charge in [-0.25, -0.2) is 0 Å². The minimum Gasteiger partial charge on any atom is -0.493 e. The summed E-state index contributed by atoms with van der Waals surface area (Å²) in [5.41, 5.74) is 0. The number of carbonyl (C=O) groups is 1. The number of methoxy groups -OCH3 is 1. The Morgan fingerprint density at radius 3 is 2.50 bits per heavy atom. The molecule has 7 heteroatoms. The number of ether oxygens (including phenoxy) is 3. The molecule has 7 nitrogen and oxygen atoms in total. The Morgan fingerprint density at radius 1 is 1.21 bits per heavy atom. The van der Waals surface area contributed by atoms with E-state index in [9.17, 15) is 4.79 Å². The molecule has 0 heterocycles. The highest BCUT2D eigenvalue weighted by Crippen LogP contribution is 2.27. The van der Waals surface area contributed by atoms with Gasteiger partial charge in [0.2, 0.25) is 0 Å². The fraction of sp³-hybridized carbons (Fsp3) is 0.619. The zero-order chi connectivity index (χ0) is 20.4. The molecule has 0 bridgehead atoms. The number of guanidine groups is 1. The summed E-state index contributed by atoms with van der Waals surface area (Å²) in [6.45, 7) is 4.90. The van der Waals surface area contributed by atoms with Gasteiger partial charge in [-0.15, -0.1) is 0 Å². The maximum Gasteiger partial charge on any atom is 0.308 e. The van der Waals surface area contributed by atoms with Crippen LogP contribution in [0.5, 0.6) is 11.5 Å². The average molecular weight is 392 g/mol. The first-order valence-corrected chi connectivity index (χ1v) is 10.0. The summed E-state index contributed by atoms with van der Waals surface area (Å²) in [4.78, 5) is 16.2. The van der Waals surface area contributed by atoms with Gasteiger partial charge < -0.3 is 24.8 Å². The first-order chi connectivity index (χ1) is 13.6. The third-order valence-electron chi connectivity index (χ3n) is 4.87. The molecule has 0 radical (unpaired) electrons. The van der Waals surface area contributed by atoms with Gasteiger partial charge in [0, 0.05) is 13.1 Å². The van der Waals surface area contributed by atoms with Crippen molar-refractivity contribution in [3.63, 3.8) is 0 Å². The van der Waals surface area contributed by atoms with E-state index in [0.717, 1.165) is 43.1 Å². The summed E-state index contributed by atoms with van der Waals surface area (Å²) in [7, 11) is 3.39.